The Morgan fingerprint density at radius 1 is 1.20 bits per heavy atom. The summed E-state index contributed by atoms with van der Waals surface area (Å²) < 4.78 is 18.0. The smallest absolute Gasteiger partial charge is 0.259 e. The maximum Gasteiger partial charge on any atom is 0.259 e. The van der Waals surface area contributed by atoms with Gasteiger partial charge in [-0.3, -0.25) is 9.78 Å². The number of aryl methyl sites for hydroxylation is 1. The average Bonchev–Trinajstić information content (AvgIpc) is 3.04. The van der Waals surface area contributed by atoms with E-state index in [1.165, 1.54) is 30.5 Å². The fourth-order valence-electron chi connectivity index (χ4n) is 2.08. The van der Waals surface area contributed by atoms with E-state index in [-0.39, 0.29) is 11.4 Å². The van der Waals surface area contributed by atoms with E-state index >= 15 is 0 Å². The SMILES string of the molecule is Cc1cc(/C(=C/Nc2cccnc2)C(=O)Nc2ccc(F)cc2)no1. The Morgan fingerprint density at radius 2 is 2.00 bits per heavy atom. The van der Waals surface area contributed by atoms with Gasteiger partial charge in [-0.05, 0) is 43.3 Å². The molecule has 25 heavy (non-hydrogen) atoms. The first kappa shape index (κ1) is 16.4. The molecule has 2 heterocycles. The van der Waals surface area contributed by atoms with Crippen LogP contribution in [0.25, 0.3) is 5.57 Å². The van der Waals surface area contributed by atoms with Gasteiger partial charge in [-0.1, -0.05) is 5.16 Å². The molecule has 6 nitrogen and oxygen atoms in total. The second-order valence-electron chi connectivity index (χ2n) is 5.23. The number of benzene rings is 1. The van der Waals surface area contributed by atoms with Gasteiger partial charge in [-0.15, -0.1) is 0 Å². The predicted octanol–water partition coefficient (Wildman–Crippen LogP) is 3.61. The van der Waals surface area contributed by atoms with Gasteiger partial charge >= 0.3 is 0 Å². The van der Waals surface area contributed by atoms with Gasteiger partial charge < -0.3 is 15.2 Å². The van der Waals surface area contributed by atoms with Crippen LogP contribution >= 0.6 is 0 Å². The zero-order valence-electron chi connectivity index (χ0n) is 13.4. The Bertz CT molecular complexity index is 889. The molecular weight excluding hydrogens is 323 g/mol. The van der Waals surface area contributed by atoms with E-state index in [2.05, 4.69) is 20.8 Å². The Hall–Kier alpha value is -3.48. The highest BCUT2D eigenvalue weighted by Gasteiger charge is 2.16. The number of pyridine rings is 1. The molecule has 0 spiro atoms. The Labute approximate surface area is 143 Å². The topological polar surface area (TPSA) is 80.0 Å². The van der Waals surface area contributed by atoms with Gasteiger partial charge in [0, 0.05) is 24.2 Å². The van der Waals surface area contributed by atoms with Gasteiger partial charge in [0.05, 0.1) is 17.5 Å². The molecule has 0 unspecified atom stereocenters. The molecule has 0 saturated heterocycles. The van der Waals surface area contributed by atoms with Crippen LogP contribution in [-0.2, 0) is 4.79 Å². The number of hydrogen-bond acceptors (Lipinski definition) is 5. The standard InChI is InChI=1S/C18H15FN4O2/c1-12-9-17(23-25-12)16(11-21-15-3-2-8-20-10-15)18(24)22-14-6-4-13(19)5-7-14/h2-11,21H,1H3,(H,22,24)/b16-11-. The summed E-state index contributed by atoms with van der Waals surface area (Å²) in [6.07, 6.45) is 4.80. The molecule has 0 aliphatic carbocycles. The second-order valence-corrected chi connectivity index (χ2v) is 5.23. The molecule has 1 aromatic carbocycles. The summed E-state index contributed by atoms with van der Waals surface area (Å²) in [6.45, 7) is 1.74. The summed E-state index contributed by atoms with van der Waals surface area (Å²) in [5, 5.41) is 9.59. The minimum atomic E-state index is -0.406. The van der Waals surface area contributed by atoms with Gasteiger partial charge in [-0.25, -0.2) is 4.39 Å². The van der Waals surface area contributed by atoms with E-state index < -0.39 is 5.91 Å². The molecule has 3 rings (SSSR count). The number of anilines is 2. The van der Waals surface area contributed by atoms with E-state index in [0.717, 1.165) is 5.69 Å². The van der Waals surface area contributed by atoms with E-state index in [1.54, 1.807) is 31.5 Å². The van der Waals surface area contributed by atoms with Crippen LogP contribution in [0.4, 0.5) is 15.8 Å². The number of amides is 1. The third kappa shape index (κ3) is 4.29. The van der Waals surface area contributed by atoms with Crippen LogP contribution in [0.2, 0.25) is 0 Å². The molecule has 0 bridgehead atoms. The lowest BCUT2D eigenvalue weighted by molar-refractivity contribution is -0.111. The zero-order valence-corrected chi connectivity index (χ0v) is 13.4. The van der Waals surface area contributed by atoms with Crippen molar-refractivity contribution < 1.29 is 13.7 Å². The van der Waals surface area contributed by atoms with Crippen molar-refractivity contribution in [3.8, 4) is 0 Å². The molecule has 2 aromatic heterocycles. The highest BCUT2D eigenvalue weighted by Crippen LogP contribution is 2.18. The number of hydrogen-bond donors (Lipinski definition) is 2. The van der Waals surface area contributed by atoms with Gasteiger partial charge in [0.1, 0.15) is 17.3 Å². The van der Waals surface area contributed by atoms with Crippen LogP contribution < -0.4 is 10.6 Å². The molecule has 0 radical (unpaired) electrons. The lowest BCUT2D eigenvalue weighted by Gasteiger charge is -2.08. The van der Waals surface area contributed by atoms with Crippen molar-refractivity contribution in [2.75, 3.05) is 10.6 Å². The average molecular weight is 338 g/mol. The van der Waals surface area contributed by atoms with Crippen molar-refractivity contribution in [1.29, 1.82) is 0 Å². The summed E-state index contributed by atoms with van der Waals surface area (Å²) in [5.41, 5.74) is 1.84. The highest BCUT2D eigenvalue weighted by molar-refractivity contribution is 6.25. The Morgan fingerprint density at radius 3 is 2.64 bits per heavy atom. The first-order chi connectivity index (χ1) is 12.1. The van der Waals surface area contributed by atoms with Gasteiger partial charge in [-0.2, -0.15) is 0 Å². The number of nitrogens with one attached hydrogen (secondary N) is 2. The fourth-order valence-corrected chi connectivity index (χ4v) is 2.08. The predicted molar refractivity (Wildman–Crippen MR) is 92.1 cm³/mol. The number of rotatable bonds is 5. The molecule has 1 amide bonds. The molecule has 0 atom stereocenters. The molecular formula is C18H15FN4O2. The molecule has 126 valence electrons. The summed E-state index contributed by atoms with van der Waals surface area (Å²) in [6, 6.07) is 10.7. The van der Waals surface area contributed by atoms with Crippen LogP contribution in [0.5, 0.6) is 0 Å². The Kier molecular flexibility index (Phi) is 4.84. The van der Waals surface area contributed by atoms with E-state index in [9.17, 15) is 9.18 Å². The lowest BCUT2D eigenvalue weighted by atomic mass is 10.1. The second kappa shape index (κ2) is 7.39. The van der Waals surface area contributed by atoms with E-state index in [4.69, 9.17) is 4.52 Å². The van der Waals surface area contributed by atoms with E-state index in [0.29, 0.717) is 17.1 Å². The third-order valence-electron chi connectivity index (χ3n) is 3.30. The minimum Gasteiger partial charge on any atom is -0.361 e. The van der Waals surface area contributed by atoms with Crippen molar-refractivity contribution in [3.05, 3.63) is 78.3 Å². The molecule has 0 aliphatic rings. The zero-order chi connectivity index (χ0) is 17.6. The maximum absolute atomic E-state index is 13.0. The van der Waals surface area contributed by atoms with Crippen molar-refractivity contribution >= 4 is 22.9 Å². The van der Waals surface area contributed by atoms with Gasteiger partial charge in [0.25, 0.3) is 5.91 Å². The van der Waals surface area contributed by atoms with Gasteiger partial charge in [0.2, 0.25) is 0 Å². The number of nitrogens with zero attached hydrogens (tertiary/aromatic N) is 2. The molecule has 0 saturated carbocycles. The summed E-state index contributed by atoms with van der Waals surface area (Å²) in [5.74, 6) is -0.202. The van der Waals surface area contributed by atoms with Crippen LogP contribution in [0.1, 0.15) is 11.5 Å². The van der Waals surface area contributed by atoms with Crippen molar-refractivity contribution in [1.82, 2.24) is 10.1 Å². The van der Waals surface area contributed by atoms with Crippen LogP contribution in [-0.4, -0.2) is 16.0 Å². The van der Waals surface area contributed by atoms with Crippen molar-refractivity contribution in [2.45, 2.75) is 6.92 Å². The molecule has 0 aliphatic heterocycles. The summed E-state index contributed by atoms with van der Waals surface area (Å²) in [7, 11) is 0. The monoisotopic (exact) mass is 338 g/mol. The van der Waals surface area contributed by atoms with Crippen molar-refractivity contribution in [3.63, 3.8) is 0 Å². The number of halogens is 1. The lowest BCUT2D eigenvalue weighted by Crippen LogP contribution is -2.15. The largest absolute Gasteiger partial charge is 0.361 e. The molecule has 2 N–H and O–H groups in total. The van der Waals surface area contributed by atoms with E-state index in [1.807, 2.05) is 6.07 Å². The quantitative estimate of drug-likeness (QED) is 0.695. The minimum absolute atomic E-state index is 0.269. The van der Waals surface area contributed by atoms with Crippen LogP contribution in [0.3, 0.4) is 0 Å². The summed E-state index contributed by atoms with van der Waals surface area (Å²) in [4.78, 5) is 16.6. The third-order valence-corrected chi connectivity index (χ3v) is 3.30. The summed E-state index contributed by atoms with van der Waals surface area (Å²) >= 11 is 0. The fraction of sp³-hybridized carbons (Fsp3) is 0.0556. The number of aromatic nitrogens is 2. The first-order valence-corrected chi connectivity index (χ1v) is 7.49. The Balaban J connectivity index is 1.85. The molecule has 7 heteroatoms. The maximum atomic E-state index is 13.0. The normalized spacial score (nSPS) is 11.2. The van der Waals surface area contributed by atoms with Crippen LogP contribution in [0.15, 0.2) is 65.6 Å². The highest BCUT2D eigenvalue weighted by atomic mass is 19.1. The van der Waals surface area contributed by atoms with Crippen LogP contribution in [0, 0.1) is 12.7 Å². The molecule has 0 fully saturated rings. The first-order valence-electron chi connectivity index (χ1n) is 7.49. The molecule has 3 aromatic rings. The van der Waals surface area contributed by atoms with Crippen molar-refractivity contribution in [2.24, 2.45) is 0 Å². The number of carbonyl (C=O) groups is 1. The van der Waals surface area contributed by atoms with Gasteiger partial charge in [0.15, 0.2) is 0 Å². The number of carbonyl (C=O) groups excluding carboxylic acids is 1.